The maximum Gasteiger partial charge on any atom is 0.184 e. The van der Waals surface area contributed by atoms with Crippen molar-refractivity contribution in [1.29, 1.82) is 0 Å². The lowest BCUT2D eigenvalue weighted by molar-refractivity contribution is 0.0885. The first kappa shape index (κ1) is 14.2. The third kappa shape index (κ3) is 3.41. The number of aryl methyl sites for hydroxylation is 1. The summed E-state index contributed by atoms with van der Waals surface area (Å²) in [7, 11) is -3.06. The summed E-state index contributed by atoms with van der Waals surface area (Å²) < 4.78 is 23.2. The van der Waals surface area contributed by atoms with Crippen molar-refractivity contribution in [3.63, 3.8) is 0 Å². The molecule has 0 saturated heterocycles. The topological polar surface area (TPSA) is 64.1 Å². The van der Waals surface area contributed by atoms with Crippen molar-refractivity contribution >= 4 is 15.6 Å². The van der Waals surface area contributed by atoms with Crippen LogP contribution in [0, 0.1) is 12.8 Å². The summed E-state index contributed by atoms with van der Waals surface area (Å²) in [6.45, 7) is 1.92. The SMILES string of the molecule is Cc1ccnc(C(=O)C2CCCC(S(C)(=O)=O)C2)c1. The minimum atomic E-state index is -3.06. The summed E-state index contributed by atoms with van der Waals surface area (Å²) in [5.41, 5.74) is 1.45. The fourth-order valence-corrected chi connectivity index (χ4v) is 3.83. The average Bonchev–Trinajstić information content (AvgIpc) is 2.37. The summed E-state index contributed by atoms with van der Waals surface area (Å²) >= 11 is 0. The van der Waals surface area contributed by atoms with Crippen LogP contribution in [0.5, 0.6) is 0 Å². The summed E-state index contributed by atoms with van der Waals surface area (Å²) in [5, 5.41) is -0.375. The molecule has 1 aliphatic carbocycles. The number of hydrogen-bond donors (Lipinski definition) is 0. The van der Waals surface area contributed by atoms with E-state index in [0.717, 1.165) is 18.4 Å². The molecule has 1 aliphatic rings. The van der Waals surface area contributed by atoms with Crippen LogP contribution in [-0.2, 0) is 9.84 Å². The molecule has 0 amide bonds. The van der Waals surface area contributed by atoms with Gasteiger partial charge < -0.3 is 0 Å². The highest BCUT2D eigenvalue weighted by atomic mass is 32.2. The van der Waals surface area contributed by atoms with Gasteiger partial charge in [0.25, 0.3) is 0 Å². The van der Waals surface area contributed by atoms with E-state index in [0.29, 0.717) is 18.5 Å². The molecule has 1 heterocycles. The van der Waals surface area contributed by atoms with E-state index in [2.05, 4.69) is 4.98 Å². The van der Waals surface area contributed by atoms with Crippen LogP contribution >= 0.6 is 0 Å². The largest absolute Gasteiger partial charge is 0.292 e. The molecule has 0 aliphatic heterocycles. The zero-order chi connectivity index (χ0) is 14.0. The van der Waals surface area contributed by atoms with Crippen molar-refractivity contribution in [2.45, 2.75) is 37.9 Å². The van der Waals surface area contributed by atoms with Crippen LogP contribution in [0.1, 0.15) is 41.7 Å². The molecule has 5 heteroatoms. The molecule has 0 spiro atoms. The Hall–Kier alpha value is -1.23. The zero-order valence-electron chi connectivity index (χ0n) is 11.3. The van der Waals surface area contributed by atoms with Crippen LogP contribution in [0.2, 0.25) is 0 Å². The van der Waals surface area contributed by atoms with E-state index in [1.165, 1.54) is 6.26 Å². The summed E-state index contributed by atoms with van der Waals surface area (Å²) in [6, 6.07) is 3.61. The second kappa shape index (κ2) is 5.41. The molecule has 4 nitrogen and oxygen atoms in total. The number of pyridine rings is 1. The fraction of sp³-hybridized carbons (Fsp3) is 0.571. The van der Waals surface area contributed by atoms with E-state index >= 15 is 0 Å². The molecule has 2 atom stereocenters. The first-order chi connectivity index (χ1) is 8.88. The number of ketones is 1. The highest BCUT2D eigenvalue weighted by Gasteiger charge is 2.33. The van der Waals surface area contributed by atoms with Crippen LogP contribution in [0.25, 0.3) is 0 Å². The molecule has 1 aromatic rings. The van der Waals surface area contributed by atoms with Gasteiger partial charge in [-0.3, -0.25) is 9.78 Å². The summed E-state index contributed by atoms with van der Waals surface area (Å²) in [6.07, 6.45) is 5.55. The van der Waals surface area contributed by atoms with Gasteiger partial charge in [0.05, 0.1) is 5.25 Å². The lowest BCUT2D eigenvalue weighted by atomic mass is 9.84. The first-order valence-corrected chi connectivity index (χ1v) is 8.49. The van der Waals surface area contributed by atoms with Crippen molar-refractivity contribution in [3.05, 3.63) is 29.6 Å². The molecule has 0 bridgehead atoms. The lowest BCUT2D eigenvalue weighted by Gasteiger charge is -2.26. The van der Waals surface area contributed by atoms with Gasteiger partial charge in [-0.25, -0.2) is 8.42 Å². The second-order valence-electron chi connectivity index (χ2n) is 5.40. The number of carbonyl (C=O) groups is 1. The number of aromatic nitrogens is 1. The van der Waals surface area contributed by atoms with Crippen molar-refractivity contribution in [2.75, 3.05) is 6.26 Å². The monoisotopic (exact) mass is 281 g/mol. The maximum absolute atomic E-state index is 12.4. The third-order valence-electron chi connectivity index (χ3n) is 3.77. The number of sulfone groups is 1. The van der Waals surface area contributed by atoms with E-state index in [9.17, 15) is 13.2 Å². The van der Waals surface area contributed by atoms with Crippen molar-refractivity contribution in [3.8, 4) is 0 Å². The van der Waals surface area contributed by atoms with Crippen LogP contribution < -0.4 is 0 Å². The van der Waals surface area contributed by atoms with Crippen LogP contribution in [-0.4, -0.2) is 30.7 Å². The standard InChI is InChI=1S/C14H19NO3S/c1-10-6-7-15-13(8-10)14(16)11-4-3-5-12(9-11)19(2,17)18/h6-8,11-12H,3-5,9H2,1-2H3. The molecule has 1 fully saturated rings. The Morgan fingerprint density at radius 1 is 1.37 bits per heavy atom. The quantitative estimate of drug-likeness (QED) is 0.797. The Bertz CT molecular complexity index is 580. The number of hydrogen-bond acceptors (Lipinski definition) is 4. The van der Waals surface area contributed by atoms with Crippen molar-refractivity contribution in [2.24, 2.45) is 5.92 Å². The average molecular weight is 281 g/mol. The smallest absolute Gasteiger partial charge is 0.184 e. The van der Waals surface area contributed by atoms with E-state index in [1.807, 2.05) is 13.0 Å². The molecular formula is C14H19NO3S. The predicted molar refractivity (Wildman–Crippen MR) is 73.9 cm³/mol. The van der Waals surface area contributed by atoms with Crippen molar-refractivity contribution in [1.82, 2.24) is 4.98 Å². The lowest BCUT2D eigenvalue weighted by Crippen LogP contribution is -2.31. The highest BCUT2D eigenvalue weighted by Crippen LogP contribution is 2.30. The Kier molecular flexibility index (Phi) is 4.04. The molecule has 2 rings (SSSR count). The van der Waals surface area contributed by atoms with Gasteiger partial charge in [0.1, 0.15) is 15.5 Å². The summed E-state index contributed by atoms with van der Waals surface area (Å²) in [4.78, 5) is 16.5. The Morgan fingerprint density at radius 2 is 2.11 bits per heavy atom. The molecular weight excluding hydrogens is 262 g/mol. The normalized spacial score (nSPS) is 24.1. The van der Waals surface area contributed by atoms with Crippen LogP contribution in [0.4, 0.5) is 0 Å². The van der Waals surface area contributed by atoms with Crippen LogP contribution in [0.15, 0.2) is 18.3 Å². The third-order valence-corrected chi connectivity index (χ3v) is 5.41. The van der Waals surface area contributed by atoms with Crippen molar-refractivity contribution < 1.29 is 13.2 Å². The second-order valence-corrected chi connectivity index (χ2v) is 7.72. The Labute approximate surface area is 114 Å². The first-order valence-electron chi connectivity index (χ1n) is 6.53. The minimum absolute atomic E-state index is 0.0166. The number of nitrogens with zero attached hydrogens (tertiary/aromatic N) is 1. The molecule has 0 aromatic carbocycles. The molecule has 0 radical (unpaired) electrons. The van der Waals surface area contributed by atoms with Gasteiger partial charge in [-0.2, -0.15) is 0 Å². The number of Topliss-reactive ketones (excluding diaryl/α,β-unsaturated/α-hetero) is 1. The van der Waals surface area contributed by atoms with E-state index in [4.69, 9.17) is 0 Å². The molecule has 0 N–H and O–H groups in total. The molecule has 2 unspecified atom stereocenters. The van der Waals surface area contributed by atoms with E-state index < -0.39 is 9.84 Å². The number of carbonyl (C=O) groups excluding carboxylic acids is 1. The van der Waals surface area contributed by atoms with Crippen LogP contribution in [0.3, 0.4) is 0 Å². The molecule has 104 valence electrons. The highest BCUT2D eigenvalue weighted by molar-refractivity contribution is 7.91. The summed E-state index contributed by atoms with van der Waals surface area (Å²) in [5.74, 6) is -0.222. The van der Waals surface area contributed by atoms with Gasteiger partial charge in [0.15, 0.2) is 5.78 Å². The fourth-order valence-electron chi connectivity index (χ4n) is 2.65. The molecule has 1 saturated carbocycles. The van der Waals surface area contributed by atoms with E-state index in [1.54, 1.807) is 12.3 Å². The Balaban J connectivity index is 2.16. The molecule has 1 aromatic heterocycles. The minimum Gasteiger partial charge on any atom is -0.292 e. The molecule has 19 heavy (non-hydrogen) atoms. The van der Waals surface area contributed by atoms with Gasteiger partial charge in [0.2, 0.25) is 0 Å². The van der Waals surface area contributed by atoms with Gasteiger partial charge in [0, 0.05) is 18.4 Å². The van der Waals surface area contributed by atoms with Gasteiger partial charge in [-0.1, -0.05) is 6.42 Å². The van der Waals surface area contributed by atoms with Gasteiger partial charge in [-0.05, 0) is 43.9 Å². The number of rotatable bonds is 3. The maximum atomic E-state index is 12.4. The van der Waals surface area contributed by atoms with Gasteiger partial charge in [-0.15, -0.1) is 0 Å². The zero-order valence-corrected chi connectivity index (χ0v) is 12.1. The Morgan fingerprint density at radius 3 is 2.74 bits per heavy atom. The van der Waals surface area contributed by atoms with Gasteiger partial charge >= 0.3 is 0 Å². The van der Waals surface area contributed by atoms with E-state index in [-0.39, 0.29) is 17.0 Å². The predicted octanol–water partition coefficient (Wildman–Crippen LogP) is 2.18.